The molecule has 4 aliphatic heterocycles. The molecule has 2 aliphatic carbocycles. The van der Waals surface area contributed by atoms with Crippen molar-refractivity contribution in [1.29, 1.82) is 0 Å². The fourth-order valence-electron chi connectivity index (χ4n) is 10.4. The minimum absolute atomic E-state index is 0. The topological polar surface area (TPSA) is 255 Å². The van der Waals surface area contributed by atoms with Gasteiger partial charge < -0.3 is 68.4 Å². The van der Waals surface area contributed by atoms with Crippen LogP contribution in [0.15, 0.2) is 82.6 Å². The number of aromatic nitrogens is 2. The molecule has 4 fully saturated rings. The number of piperazine rings is 2. The van der Waals surface area contributed by atoms with Crippen molar-refractivity contribution in [1.82, 2.24) is 19.4 Å². The Hall–Kier alpha value is -6.57. The molecule has 12 rings (SSSR count). The molecule has 6 heterocycles. The molecule has 26 heteroatoms. The summed E-state index contributed by atoms with van der Waals surface area (Å²) in [5, 5.41) is 49.6. The minimum Gasteiger partial charge on any atom is -0.494 e. The Kier molecular flexibility index (Phi) is 20.5. The van der Waals surface area contributed by atoms with Crippen LogP contribution >= 0.6 is 28.3 Å². The van der Waals surface area contributed by atoms with E-state index in [0.717, 1.165) is 98.9 Å². The number of alkyl halides is 1. The van der Waals surface area contributed by atoms with Crippen molar-refractivity contribution in [2.75, 3.05) is 87.2 Å². The van der Waals surface area contributed by atoms with E-state index < -0.39 is 48.7 Å². The first-order chi connectivity index (χ1) is 38.7. The Morgan fingerprint density at radius 1 is 0.691 bits per heavy atom. The van der Waals surface area contributed by atoms with Crippen LogP contribution in [0.4, 0.5) is 20.2 Å². The molecule has 2 aromatic heterocycles. The normalized spacial score (nSPS) is 16.5. The lowest BCUT2D eigenvalue weighted by Crippen LogP contribution is -2.47. The van der Waals surface area contributed by atoms with Gasteiger partial charge >= 0.3 is 26.2 Å². The Balaban J connectivity index is 0.000000170. The highest BCUT2D eigenvalue weighted by atomic mass is 79.9. The number of ether oxygens (including phenoxy) is 2. The monoisotopic (exact) mass is 1200 g/mol. The third-order valence-corrected chi connectivity index (χ3v) is 15.3. The molecule has 81 heavy (non-hydrogen) atoms. The van der Waals surface area contributed by atoms with Crippen LogP contribution in [0.25, 0.3) is 21.8 Å². The maximum atomic E-state index is 15.2. The number of hydrogen-bond donors (Lipinski definition) is 6. The van der Waals surface area contributed by atoms with E-state index in [-0.39, 0.29) is 52.9 Å². The number of benzene rings is 4. The molecule has 0 bridgehead atoms. The van der Waals surface area contributed by atoms with Crippen molar-refractivity contribution in [3.8, 4) is 11.5 Å². The summed E-state index contributed by atoms with van der Waals surface area (Å²) in [4.78, 5) is 62.7. The number of aromatic carboxylic acids is 2. The number of fused-ring (bicyclic) bond motifs is 4. The van der Waals surface area contributed by atoms with E-state index in [1.807, 2.05) is 55.3 Å². The van der Waals surface area contributed by atoms with Crippen LogP contribution in [0.5, 0.6) is 11.5 Å². The Labute approximate surface area is 479 Å². The van der Waals surface area contributed by atoms with Crippen molar-refractivity contribution in [3.63, 3.8) is 0 Å². The fourth-order valence-corrected chi connectivity index (χ4v) is 10.6. The lowest BCUT2D eigenvalue weighted by atomic mass is 9.79. The first-order valence-corrected chi connectivity index (χ1v) is 27.7. The molecule has 0 atom stereocenters. The second kappa shape index (κ2) is 27.5. The summed E-state index contributed by atoms with van der Waals surface area (Å²) in [7, 11) is -1.77. The molecule has 6 aliphatic rings. The number of anilines is 2. The molecule has 0 amide bonds. The van der Waals surface area contributed by atoms with Gasteiger partial charge in [-0.3, -0.25) is 19.3 Å². The summed E-state index contributed by atoms with van der Waals surface area (Å²) < 4.78 is 55.4. The van der Waals surface area contributed by atoms with Gasteiger partial charge in [-0.15, -0.1) is 12.4 Å². The van der Waals surface area contributed by atoms with Gasteiger partial charge in [-0.2, -0.15) is 0 Å². The van der Waals surface area contributed by atoms with Gasteiger partial charge in [0.05, 0.1) is 48.8 Å². The molecule has 2 saturated heterocycles. The van der Waals surface area contributed by atoms with Crippen LogP contribution in [-0.4, -0.2) is 149 Å². The van der Waals surface area contributed by atoms with Crippen LogP contribution in [0.2, 0.25) is 0 Å². The lowest BCUT2D eigenvalue weighted by Gasteiger charge is -2.36. The van der Waals surface area contributed by atoms with Gasteiger partial charge in [0.1, 0.15) is 34.3 Å². The Bertz CT molecular complexity index is 3380. The fraction of sp³-hybridized carbons (Fsp3) is 0.400. The second-order valence-corrected chi connectivity index (χ2v) is 20.8. The maximum absolute atomic E-state index is 15.2. The molecule has 6 aromatic rings. The van der Waals surface area contributed by atoms with Gasteiger partial charge in [0.15, 0.2) is 0 Å². The van der Waals surface area contributed by atoms with E-state index in [0.29, 0.717) is 86.2 Å². The number of carbonyl (C=O) groups is 3. The van der Waals surface area contributed by atoms with Gasteiger partial charge in [0.25, 0.3) is 6.47 Å². The SMILES string of the molecule is Cl.O=C(O)c1cn(C2CC2)c2cc(N3CCN(CCCOc4cccc5c4B(O)OC5)CC3)c(F)cc2c1=O.O=C(O)c1cn(C2CC2)c2cc(N3CCNCC3)c(F)cc2c1=O.O=CO.OB1OCc2cccc(OCCCBr)c21. The molecule has 0 radical (unpaired) electrons. The van der Waals surface area contributed by atoms with Crippen molar-refractivity contribution in [2.45, 2.75) is 63.8 Å². The number of nitrogens with zero attached hydrogens (tertiary/aromatic N) is 5. The van der Waals surface area contributed by atoms with E-state index in [2.05, 4.69) is 26.1 Å². The second-order valence-electron chi connectivity index (χ2n) is 20.0. The average Bonchev–Trinajstić information content (AvgIpc) is 4.58. The molecular weight excluding hydrogens is 1140 g/mol. The summed E-state index contributed by atoms with van der Waals surface area (Å²) >= 11 is 3.34. The number of carboxylic acid groups (broad SMARTS) is 3. The van der Waals surface area contributed by atoms with E-state index >= 15 is 4.39 Å². The highest BCUT2D eigenvalue weighted by molar-refractivity contribution is 9.09. The molecule has 430 valence electrons. The van der Waals surface area contributed by atoms with Crippen LogP contribution in [0, 0.1) is 11.6 Å². The molecule has 0 unspecified atom stereocenters. The largest absolute Gasteiger partial charge is 0.495 e. The zero-order valence-corrected chi connectivity index (χ0v) is 46.5. The van der Waals surface area contributed by atoms with Gasteiger partial charge in [-0.05, 0) is 86.1 Å². The Morgan fingerprint density at radius 2 is 1.12 bits per heavy atom. The van der Waals surface area contributed by atoms with Crippen molar-refractivity contribution >= 4 is 105 Å². The number of pyridine rings is 2. The third-order valence-electron chi connectivity index (χ3n) is 14.7. The van der Waals surface area contributed by atoms with Crippen LogP contribution in [0.1, 0.15) is 82.5 Å². The van der Waals surface area contributed by atoms with E-state index in [9.17, 15) is 43.8 Å². The van der Waals surface area contributed by atoms with Crippen LogP contribution in [-0.2, 0) is 27.3 Å². The minimum atomic E-state index is -1.29. The summed E-state index contributed by atoms with van der Waals surface area (Å²) in [5.74, 6) is -2.17. The first kappa shape index (κ1) is 60.5. The van der Waals surface area contributed by atoms with Gasteiger partial charge in [-0.1, -0.05) is 40.2 Å². The van der Waals surface area contributed by atoms with E-state index in [4.69, 9.17) is 28.7 Å². The van der Waals surface area contributed by atoms with Crippen LogP contribution in [0.3, 0.4) is 0 Å². The van der Waals surface area contributed by atoms with E-state index in [1.54, 1.807) is 12.1 Å². The summed E-state index contributed by atoms with van der Waals surface area (Å²) in [6.45, 7) is 8.36. The maximum Gasteiger partial charge on any atom is 0.495 e. The number of nitrogens with one attached hydrogen (secondary N) is 1. The first-order valence-electron chi connectivity index (χ1n) is 26.6. The molecule has 4 aromatic carbocycles. The lowest BCUT2D eigenvalue weighted by molar-refractivity contribution is -0.122. The van der Waals surface area contributed by atoms with Gasteiger partial charge in [0.2, 0.25) is 10.9 Å². The Morgan fingerprint density at radius 3 is 1.54 bits per heavy atom. The zero-order chi connectivity index (χ0) is 56.6. The summed E-state index contributed by atoms with van der Waals surface area (Å²) in [6.07, 6.45) is 8.27. The molecule has 20 nitrogen and oxygen atoms in total. The highest BCUT2D eigenvalue weighted by Gasteiger charge is 2.34. The standard InChI is InChI=1S/C27H29BFN3O6.C17H18FN3O3.C10H12BBrO3.CH2O2.ClH/c29-21-13-19-22(32(18-5-6-18)15-20(26(19)33)27(34)35)14-23(21)31-10-8-30(9-11-31)7-2-12-37-24-4-1-3-17-16-38-28(36)25(17)24;18-13-7-11-14(8-15(13)20-5-3-19-4-6-20)21(10-1-2-10)9-12(16(11)22)17(23)24;12-5-2-6-14-9-4-1-3-8-7-15-11(13)10(8)9;2-1-3;/h1,3-4,13-15,18,36H,2,5-12,16H2,(H,34,35);7-10,19H,1-6H2,(H,23,24);1,3-4,13H,2,5-7H2;1H,(H,2,3);1H. The summed E-state index contributed by atoms with van der Waals surface area (Å²) in [5.41, 5.74) is 3.67. The average molecular weight is 1210 g/mol. The number of carboxylic acids is 2. The third kappa shape index (κ3) is 14.0. The highest BCUT2D eigenvalue weighted by Crippen LogP contribution is 2.40. The molecule has 2 saturated carbocycles. The molecule has 6 N–H and O–H groups in total. The quantitative estimate of drug-likeness (QED) is 0.0351. The number of halogens is 4. The van der Waals surface area contributed by atoms with Gasteiger partial charge in [-0.25, -0.2) is 18.4 Å². The van der Waals surface area contributed by atoms with Crippen molar-refractivity contribution in [3.05, 3.63) is 127 Å². The molecule has 0 spiro atoms. The van der Waals surface area contributed by atoms with Crippen LogP contribution < -0.4 is 46.4 Å². The number of rotatable bonds is 15. The predicted molar refractivity (Wildman–Crippen MR) is 308 cm³/mol. The van der Waals surface area contributed by atoms with Gasteiger partial charge in [0, 0.05) is 110 Å². The molecular formula is C55H62B2BrClF2N6O14. The summed E-state index contributed by atoms with van der Waals surface area (Å²) in [6, 6.07) is 17.5. The van der Waals surface area contributed by atoms with Crippen molar-refractivity contribution in [2.24, 2.45) is 0 Å². The smallest absolute Gasteiger partial charge is 0.494 e. The van der Waals surface area contributed by atoms with Crippen molar-refractivity contribution < 1.29 is 67.3 Å². The predicted octanol–water partition coefficient (Wildman–Crippen LogP) is 4.76. The zero-order valence-electron chi connectivity index (χ0n) is 44.1. The van der Waals surface area contributed by atoms with E-state index in [1.165, 1.54) is 24.5 Å². The number of hydrogen-bond acceptors (Lipinski definition) is 15.